The summed E-state index contributed by atoms with van der Waals surface area (Å²) in [5, 5.41) is 14.3. The highest BCUT2D eigenvalue weighted by molar-refractivity contribution is 5.97. The molecule has 3 N–H and O–H groups in total. The predicted octanol–water partition coefficient (Wildman–Crippen LogP) is 6.34. The molecule has 53 heavy (non-hydrogen) atoms. The van der Waals surface area contributed by atoms with Gasteiger partial charge in [-0.25, -0.2) is 9.37 Å². The number of pyridine rings is 1. The van der Waals surface area contributed by atoms with Gasteiger partial charge in [-0.1, -0.05) is 36.4 Å². The first-order valence-electron chi connectivity index (χ1n) is 19.2. The molecule has 0 bridgehead atoms. The number of nitrogens with zero attached hydrogens (tertiary/aromatic N) is 4. The number of piperazine rings is 1. The highest BCUT2D eigenvalue weighted by Gasteiger charge is 2.56. The number of benzene rings is 2. The van der Waals surface area contributed by atoms with Gasteiger partial charge in [-0.2, -0.15) is 5.10 Å². The molecular formula is C42H50FN7O3. The molecule has 11 heteroatoms. The molecule has 10 nitrogen and oxygen atoms in total. The largest absolute Gasteiger partial charge is 0.438 e. The van der Waals surface area contributed by atoms with E-state index in [-0.39, 0.29) is 34.8 Å². The van der Waals surface area contributed by atoms with Gasteiger partial charge in [-0.05, 0) is 125 Å². The van der Waals surface area contributed by atoms with Gasteiger partial charge in [0.2, 0.25) is 5.88 Å². The number of hydrogen-bond donors (Lipinski definition) is 3. The van der Waals surface area contributed by atoms with Gasteiger partial charge in [-0.3, -0.25) is 19.2 Å². The maximum absolute atomic E-state index is 14.5. The molecule has 4 aliphatic rings. The van der Waals surface area contributed by atoms with Gasteiger partial charge in [-0.15, -0.1) is 0 Å². The summed E-state index contributed by atoms with van der Waals surface area (Å²) in [5.41, 5.74) is 5.17. The van der Waals surface area contributed by atoms with E-state index in [0.29, 0.717) is 23.0 Å². The van der Waals surface area contributed by atoms with Crippen molar-refractivity contribution in [2.45, 2.75) is 95.3 Å². The van der Waals surface area contributed by atoms with Crippen molar-refractivity contribution in [2.24, 2.45) is 12.5 Å². The number of hydrogen-bond acceptors (Lipinski definition) is 7. The van der Waals surface area contributed by atoms with Crippen LogP contribution in [0.25, 0.3) is 11.1 Å². The maximum atomic E-state index is 14.5. The topological polar surface area (TPSA) is 113 Å². The van der Waals surface area contributed by atoms with E-state index >= 15 is 0 Å². The lowest BCUT2D eigenvalue weighted by atomic mass is 9.82. The number of aromatic nitrogens is 3. The zero-order valence-electron chi connectivity index (χ0n) is 31.0. The summed E-state index contributed by atoms with van der Waals surface area (Å²) in [6.07, 6.45) is 10.1. The van der Waals surface area contributed by atoms with Crippen LogP contribution in [0.4, 0.5) is 4.39 Å². The van der Waals surface area contributed by atoms with Crippen LogP contribution in [0.1, 0.15) is 90.4 Å². The number of halogens is 1. The minimum atomic E-state index is -0.601. The Morgan fingerprint density at radius 2 is 1.77 bits per heavy atom. The molecule has 2 atom stereocenters. The third-order valence-corrected chi connectivity index (χ3v) is 11.9. The lowest BCUT2D eigenvalue weighted by molar-refractivity contribution is 0.0911. The minimum Gasteiger partial charge on any atom is -0.438 e. The quantitative estimate of drug-likeness (QED) is 0.166. The number of carbonyl (C=O) groups is 2. The fourth-order valence-corrected chi connectivity index (χ4v) is 8.66. The number of ether oxygens (including phenoxy) is 1. The Morgan fingerprint density at radius 1 is 1.00 bits per heavy atom. The fraction of sp³-hybridized carbons (Fsp3) is 0.476. The van der Waals surface area contributed by atoms with E-state index in [4.69, 9.17) is 4.74 Å². The second-order valence-corrected chi connectivity index (χ2v) is 16.1. The van der Waals surface area contributed by atoms with Crippen LogP contribution in [0.15, 0.2) is 66.9 Å². The Morgan fingerprint density at radius 3 is 2.53 bits per heavy atom. The SMILES string of the molecule is Cc1cc(C(=O)NC2CCC3(CC2)CC3NC(=O)c2cc(F)cnc2Oc2cccc(-c3cccc(CCCN4C[C@@H](C)NC5(CC5)C4)c3)c2)nn1C. The fourth-order valence-electron chi connectivity index (χ4n) is 8.66. The molecule has 3 saturated carbocycles. The monoisotopic (exact) mass is 719 g/mol. The summed E-state index contributed by atoms with van der Waals surface area (Å²) in [7, 11) is 1.82. The van der Waals surface area contributed by atoms with Crippen LogP contribution in [0.2, 0.25) is 0 Å². The number of rotatable bonds is 11. The smallest absolute Gasteiger partial charge is 0.272 e. The van der Waals surface area contributed by atoms with E-state index in [1.54, 1.807) is 10.7 Å². The summed E-state index contributed by atoms with van der Waals surface area (Å²) in [5.74, 6) is -0.571. The van der Waals surface area contributed by atoms with E-state index in [1.165, 1.54) is 24.5 Å². The molecular weight excluding hydrogens is 670 g/mol. The van der Waals surface area contributed by atoms with Gasteiger partial charge in [0.05, 0.1) is 6.20 Å². The van der Waals surface area contributed by atoms with Crippen molar-refractivity contribution >= 4 is 11.8 Å². The third-order valence-electron chi connectivity index (χ3n) is 11.9. The molecule has 278 valence electrons. The Bertz CT molecular complexity index is 1980. The van der Waals surface area contributed by atoms with Crippen LogP contribution in [0.5, 0.6) is 11.6 Å². The van der Waals surface area contributed by atoms with Crippen LogP contribution in [-0.4, -0.2) is 74.8 Å². The standard InChI is InChI=1S/C42H50FN7O3/c1-27-25-50(26-42(47-27)16-17-42)18-6-8-29-7-4-9-30(20-29)31-10-5-11-34(21-31)53-40-35(22-32(43)24-44-40)38(51)46-37-23-41(37)14-12-33(13-15-41)45-39(52)36-19-28(2)49(3)48-36/h4-5,7,9-11,19-22,24,27,33,37,47H,6,8,12-18,23,25-26H2,1-3H3,(H,45,52)(H,46,51)/t27-,33?,37?,41?/m1/s1. The molecule has 4 fully saturated rings. The Labute approximate surface area is 310 Å². The van der Waals surface area contributed by atoms with Crippen molar-refractivity contribution in [3.8, 4) is 22.8 Å². The summed E-state index contributed by atoms with van der Waals surface area (Å²) >= 11 is 0. The van der Waals surface area contributed by atoms with Crippen LogP contribution >= 0.6 is 0 Å². The lowest BCUT2D eigenvalue weighted by Crippen LogP contribution is -2.57. The van der Waals surface area contributed by atoms with Gasteiger partial charge >= 0.3 is 0 Å². The number of nitrogens with one attached hydrogen (secondary N) is 3. The molecule has 1 aliphatic heterocycles. The highest BCUT2D eigenvalue weighted by atomic mass is 19.1. The van der Waals surface area contributed by atoms with Crippen molar-refractivity contribution in [3.05, 3.63) is 95.2 Å². The third kappa shape index (κ3) is 8.01. The first-order chi connectivity index (χ1) is 25.6. The summed E-state index contributed by atoms with van der Waals surface area (Å²) < 4.78 is 22.3. The Kier molecular flexibility index (Phi) is 9.57. The van der Waals surface area contributed by atoms with Crippen molar-refractivity contribution in [1.82, 2.24) is 35.6 Å². The maximum Gasteiger partial charge on any atom is 0.272 e. The molecule has 2 aromatic carbocycles. The minimum absolute atomic E-state index is 0.00778. The molecule has 4 aromatic rings. The molecule has 3 aliphatic carbocycles. The highest BCUT2D eigenvalue weighted by Crippen LogP contribution is 2.56. The average molecular weight is 720 g/mol. The molecule has 2 amide bonds. The number of amides is 2. The molecule has 3 heterocycles. The Balaban J connectivity index is 0.862. The molecule has 0 radical (unpaired) electrons. The van der Waals surface area contributed by atoms with Gasteiger partial charge in [0.15, 0.2) is 0 Å². The van der Waals surface area contributed by atoms with Crippen LogP contribution in [0.3, 0.4) is 0 Å². The molecule has 8 rings (SSSR count). The van der Waals surface area contributed by atoms with Gasteiger partial charge in [0.1, 0.15) is 22.8 Å². The van der Waals surface area contributed by atoms with E-state index in [0.717, 1.165) is 87.6 Å². The zero-order chi connectivity index (χ0) is 36.7. The molecule has 1 saturated heterocycles. The second kappa shape index (κ2) is 14.3. The van der Waals surface area contributed by atoms with Crippen LogP contribution in [0, 0.1) is 18.2 Å². The normalized spacial score (nSPS) is 24.6. The van der Waals surface area contributed by atoms with Crippen molar-refractivity contribution < 1.29 is 18.7 Å². The summed E-state index contributed by atoms with van der Waals surface area (Å²) in [4.78, 5) is 33.1. The van der Waals surface area contributed by atoms with E-state index in [1.807, 2.05) is 38.2 Å². The van der Waals surface area contributed by atoms with Crippen molar-refractivity contribution in [1.29, 1.82) is 0 Å². The Hall–Kier alpha value is -4.61. The number of aryl methyl sites for hydroxylation is 3. The lowest BCUT2D eigenvalue weighted by Gasteiger charge is -2.38. The van der Waals surface area contributed by atoms with E-state index in [9.17, 15) is 14.0 Å². The van der Waals surface area contributed by atoms with Gasteiger partial charge in [0, 0.05) is 49.5 Å². The zero-order valence-corrected chi connectivity index (χ0v) is 31.0. The molecule has 1 unspecified atom stereocenters. The van der Waals surface area contributed by atoms with Crippen LogP contribution < -0.4 is 20.7 Å². The molecule has 2 aromatic heterocycles. The average Bonchev–Trinajstić information content (AvgIpc) is 4.01. The number of carbonyl (C=O) groups excluding carboxylic acids is 2. The second-order valence-electron chi connectivity index (χ2n) is 16.1. The van der Waals surface area contributed by atoms with E-state index < -0.39 is 11.7 Å². The first-order valence-corrected chi connectivity index (χ1v) is 19.2. The van der Waals surface area contributed by atoms with E-state index in [2.05, 4.69) is 62.1 Å². The molecule has 2 spiro atoms. The van der Waals surface area contributed by atoms with Crippen molar-refractivity contribution in [3.63, 3.8) is 0 Å². The summed E-state index contributed by atoms with van der Waals surface area (Å²) in [6, 6.07) is 19.9. The van der Waals surface area contributed by atoms with Gasteiger partial charge in [0.25, 0.3) is 11.8 Å². The first kappa shape index (κ1) is 35.4. The van der Waals surface area contributed by atoms with Gasteiger partial charge < -0.3 is 20.7 Å². The van der Waals surface area contributed by atoms with Crippen molar-refractivity contribution in [2.75, 3.05) is 19.6 Å². The predicted molar refractivity (Wildman–Crippen MR) is 201 cm³/mol. The van der Waals surface area contributed by atoms with Crippen LogP contribution in [-0.2, 0) is 13.5 Å². The summed E-state index contributed by atoms with van der Waals surface area (Å²) in [6.45, 7) is 7.59.